The van der Waals surface area contributed by atoms with Crippen LogP contribution in [0.25, 0.3) is 0 Å². The van der Waals surface area contributed by atoms with Crippen LogP contribution < -0.4 is 9.47 Å². The van der Waals surface area contributed by atoms with E-state index < -0.39 is 16.0 Å². The lowest BCUT2D eigenvalue weighted by Gasteiger charge is -2.26. The average molecular weight is 434 g/mol. The molecule has 0 N–H and O–H groups in total. The standard InChI is InChI=1S/C22H27NO6S/c1-17-6-7-18(16-21(17)30(25,26)23-12-4-3-5-13-23)22(24)29-15-14-28-20-10-8-19(27-2)9-11-20/h6-11,16H,3-5,12-15H2,1-2H3. The second kappa shape index (κ2) is 9.95. The van der Waals surface area contributed by atoms with Crippen molar-refractivity contribution in [1.29, 1.82) is 0 Å². The first kappa shape index (κ1) is 22.1. The predicted molar refractivity (Wildman–Crippen MR) is 113 cm³/mol. The van der Waals surface area contributed by atoms with Gasteiger partial charge < -0.3 is 14.2 Å². The van der Waals surface area contributed by atoms with E-state index in [4.69, 9.17) is 14.2 Å². The maximum Gasteiger partial charge on any atom is 0.338 e. The molecular formula is C22H27NO6S. The maximum absolute atomic E-state index is 13.0. The van der Waals surface area contributed by atoms with Gasteiger partial charge in [0, 0.05) is 13.1 Å². The molecule has 1 saturated heterocycles. The monoisotopic (exact) mass is 433 g/mol. The van der Waals surface area contributed by atoms with Crippen LogP contribution in [-0.2, 0) is 14.8 Å². The summed E-state index contributed by atoms with van der Waals surface area (Å²) in [5.74, 6) is 0.781. The molecule has 1 aliphatic rings. The third-order valence-corrected chi connectivity index (χ3v) is 7.04. The van der Waals surface area contributed by atoms with Gasteiger partial charge in [-0.05, 0) is 61.7 Å². The van der Waals surface area contributed by atoms with E-state index in [1.807, 2.05) is 0 Å². The molecule has 0 aliphatic carbocycles. The fourth-order valence-corrected chi connectivity index (χ4v) is 5.07. The van der Waals surface area contributed by atoms with E-state index in [1.54, 1.807) is 50.4 Å². The fraction of sp³-hybridized carbons (Fsp3) is 0.409. The molecule has 3 rings (SSSR count). The number of esters is 1. The van der Waals surface area contributed by atoms with Gasteiger partial charge in [0.1, 0.15) is 24.7 Å². The molecule has 1 heterocycles. The SMILES string of the molecule is COc1ccc(OCCOC(=O)c2ccc(C)c(S(=O)(=O)N3CCCCC3)c2)cc1. The fourth-order valence-electron chi connectivity index (χ4n) is 3.30. The molecule has 0 atom stereocenters. The zero-order valence-electron chi connectivity index (χ0n) is 17.3. The molecule has 1 aliphatic heterocycles. The van der Waals surface area contributed by atoms with Gasteiger partial charge in [-0.3, -0.25) is 0 Å². The zero-order valence-corrected chi connectivity index (χ0v) is 18.1. The van der Waals surface area contributed by atoms with E-state index in [9.17, 15) is 13.2 Å². The second-order valence-corrected chi connectivity index (χ2v) is 9.01. The number of sulfonamides is 1. The topological polar surface area (TPSA) is 82.1 Å². The van der Waals surface area contributed by atoms with E-state index in [1.165, 1.54) is 10.4 Å². The predicted octanol–water partition coefficient (Wildman–Crippen LogP) is 3.41. The van der Waals surface area contributed by atoms with Crippen molar-refractivity contribution in [3.8, 4) is 11.5 Å². The molecule has 8 heteroatoms. The molecule has 0 unspecified atom stereocenters. The largest absolute Gasteiger partial charge is 0.497 e. The van der Waals surface area contributed by atoms with Gasteiger partial charge in [0.05, 0.1) is 17.6 Å². The highest BCUT2D eigenvalue weighted by Gasteiger charge is 2.28. The summed E-state index contributed by atoms with van der Waals surface area (Å²) in [4.78, 5) is 12.6. The Morgan fingerprint density at radius 2 is 1.63 bits per heavy atom. The Balaban J connectivity index is 1.60. The van der Waals surface area contributed by atoms with Crippen LogP contribution in [0.4, 0.5) is 0 Å². The highest BCUT2D eigenvalue weighted by Crippen LogP contribution is 2.24. The summed E-state index contributed by atoms with van der Waals surface area (Å²) in [5, 5.41) is 0. The molecule has 0 bridgehead atoms. The summed E-state index contributed by atoms with van der Waals surface area (Å²) in [6, 6.07) is 11.7. The summed E-state index contributed by atoms with van der Waals surface area (Å²) in [7, 11) is -2.04. The van der Waals surface area contributed by atoms with Crippen LogP contribution >= 0.6 is 0 Å². The van der Waals surface area contributed by atoms with Crippen molar-refractivity contribution in [2.45, 2.75) is 31.1 Å². The summed E-state index contributed by atoms with van der Waals surface area (Å²) in [5.41, 5.74) is 0.820. The minimum absolute atomic E-state index is 0.0486. The van der Waals surface area contributed by atoms with Crippen LogP contribution in [0.2, 0.25) is 0 Å². The molecule has 0 amide bonds. The first-order valence-corrected chi connectivity index (χ1v) is 11.4. The van der Waals surface area contributed by atoms with Gasteiger partial charge in [0.15, 0.2) is 0 Å². The normalized spacial score (nSPS) is 14.9. The van der Waals surface area contributed by atoms with Crippen molar-refractivity contribution in [1.82, 2.24) is 4.31 Å². The summed E-state index contributed by atoms with van der Waals surface area (Å²) < 4.78 is 43.3. The van der Waals surface area contributed by atoms with E-state index in [2.05, 4.69) is 0 Å². The van der Waals surface area contributed by atoms with E-state index >= 15 is 0 Å². The number of ether oxygens (including phenoxy) is 3. The van der Waals surface area contributed by atoms with Crippen molar-refractivity contribution >= 4 is 16.0 Å². The van der Waals surface area contributed by atoms with E-state index in [0.29, 0.717) is 24.4 Å². The van der Waals surface area contributed by atoms with Gasteiger partial charge in [0.25, 0.3) is 0 Å². The van der Waals surface area contributed by atoms with E-state index in [0.717, 1.165) is 25.0 Å². The number of nitrogens with zero attached hydrogens (tertiary/aromatic N) is 1. The third kappa shape index (κ3) is 5.31. The van der Waals surface area contributed by atoms with Crippen LogP contribution in [0.5, 0.6) is 11.5 Å². The van der Waals surface area contributed by atoms with Gasteiger partial charge >= 0.3 is 5.97 Å². The lowest BCUT2D eigenvalue weighted by molar-refractivity contribution is 0.0450. The van der Waals surface area contributed by atoms with Crippen LogP contribution in [0.1, 0.15) is 35.2 Å². The number of rotatable bonds is 8. The number of carbonyl (C=O) groups is 1. The molecular weight excluding hydrogens is 406 g/mol. The Bertz CT molecular complexity index is 966. The highest BCUT2D eigenvalue weighted by atomic mass is 32.2. The summed E-state index contributed by atoms with van der Waals surface area (Å²) >= 11 is 0. The molecule has 30 heavy (non-hydrogen) atoms. The Morgan fingerprint density at radius 3 is 2.30 bits per heavy atom. The van der Waals surface area contributed by atoms with Crippen LogP contribution in [0.3, 0.4) is 0 Å². The lowest BCUT2D eigenvalue weighted by Crippen LogP contribution is -2.36. The van der Waals surface area contributed by atoms with Crippen molar-refractivity contribution in [3.63, 3.8) is 0 Å². The van der Waals surface area contributed by atoms with Crippen molar-refractivity contribution in [2.24, 2.45) is 0 Å². The van der Waals surface area contributed by atoms with Gasteiger partial charge in [-0.1, -0.05) is 12.5 Å². The maximum atomic E-state index is 13.0. The molecule has 162 valence electrons. The Morgan fingerprint density at radius 1 is 0.967 bits per heavy atom. The van der Waals surface area contributed by atoms with Crippen molar-refractivity contribution in [2.75, 3.05) is 33.4 Å². The molecule has 7 nitrogen and oxygen atoms in total. The van der Waals surface area contributed by atoms with Gasteiger partial charge in [0.2, 0.25) is 10.0 Å². The third-order valence-electron chi connectivity index (χ3n) is 5.00. The second-order valence-electron chi connectivity index (χ2n) is 7.10. The van der Waals surface area contributed by atoms with Crippen molar-refractivity contribution in [3.05, 3.63) is 53.6 Å². The Kier molecular flexibility index (Phi) is 7.33. The molecule has 0 spiro atoms. The molecule has 0 aromatic heterocycles. The lowest BCUT2D eigenvalue weighted by atomic mass is 10.1. The van der Waals surface area contributed by atoms with Crippen LogP contribution in [-0.4, -0.2) is 52.1 Å². The minimum Gasteiger partial charge on any atom is -0.497 e. The first-order chi connectivity index (χ1) is 14.4. The minimum atomic E-state index is -3.63. The number of hydrogen-bond donors (Lipinski definition) is 0. The van der Waals surface area contributed by atoms with Crippen LogP contribution in [0.15, 0.2) is 47.4 Å². The number of aryl methyl sites for hydroxylation is 1. The molecule has 0 radical (unpaired) electrons. The summed E-state index contributed by atoms with van der Waals surface area (Å²) in [6.45, 7) is 2.99. The van der Waals surface area contributed by atoms with E-state index in [-0.39, 0.29) is 23.7 Å². The van der Waals surface area contributed by atoms with Gasteiger partial charge in [-0.25, -0.2) is 13.2 Å². The van der Waals surface area contributed by atoms with Crippen molar-refractivity contribution < 1.29 is 27.4 Å². The molecule has 2 aromatic carbocycles. The smallest absolute Gasteiger partial charge is 0.338 e. The number of benzene rings is 2. The Labute approximate surface area is 177 Å². The number of carbonyl (C=O) groups excluding carboxylic acids is 1. The first-order valence-electron chi connectivity index (χ1n) is 9.96. The van der Waals surface area contributed by atoms with Gasteiger partial charge in [-0.2, -0.15) is 4.31 Å². The Hall–Kier alpha value is -2.58. The van der Waals surface area contributed by atoms with Gasteiger partial charge in [-0.15, -0.1) is 0 Å². The molecule has 2 aromatic rings. The molecule has 0 saturated carbocycles. The highest BCUT2D eigenvalue weighted by molar-refractivity contribution is 7.89. The van der Waals surface area contributed by atoms with Crippen LogP contribution in [0, 0.1) is 6.92 Å². The molecule has 1 fully saturated rings. The number of hydrogen-bond acceptors (Lipinski definition) is 6. The zero-order chi connectivity index (χ0) is 21.6. The summed E-state index contributed by atoms with van der Waals surface area (Å²) in [6.07, 6.45) is 2.75. The average Bonchev–Trinajstić information content (AvgIpc) is 2.77. The quantitative estimate of drug-likeness (QED) is 0.469. The number of piperidine rings is 1. The number of methoxy groups -OCH3 is 1.